The van der Waals surface area contributed by atoms with Crippen molar-refractivity contribution in [3.63, 3.8) is 0 Å². The van der Waals surface area contributed by atoms with Gasteiger partial charge in [0.2, 0.25) is 5.91 Å². The Hall–Kier alpha value is -3.33. The molecule has 0 saturated heterocycles. The third-order valence-corrected chi connectivity index (χ3v) is 4.08. The Morgan fingerprint density at radius 1 is 1.18 bits per heavy atom. The van der Waals surface area contributed by atoms with Crippen LogP contribution in [0.1, 0.15) is 22.6 Å². The smallest absolute Gasteiger partial charge is 0.251 e. The number of benzene rings is 2. The Balaban J connectivity index is 1.56. The normalized spacial score (nSPS) is 10.5. The molecule has 0 fully saturated rings. The number of anilines is 1. The van der Waals surface area contributed by atoms with Crippen molar-refractivity contribution in [1.82, 2.24) is 25.5 Å². The fraction of sp³-hybridized carbons (Fsp3) is 0.167. The van der Waals surface area contributed by atoms with Gasteiger partial charge in [-0.05, 0) is 59.8 Å². The van der Waals surface area contributed by atoms with Crippen molar-refractivity contribution in [2.45, 2.75) is 13.3 Å². The van der Waals surface area contributed by atoms with Crippen LogP contribution < -0.4 is 10.6 Å². The van der Waals surface area contributed by atoms with Gasteiger partial charge in [-0.2, -0.15) is 4.68 Å². The molecule has 0 aliphatic carbocycles. The van der Waals surface area contributed by atoms with Crippen LogP contribution >= 0.6 is 11.6 Å². The van der Waals surface area contributed by atoms with Crippen LogP contribution in [0.2, 0.25) is 5.02 Å². The van der Waals surface area contributed by atoms with E-state index in [1.54, 1.807) is 31.2 Å². The SMILES string of the molecule is Cc1nnnn1-c1cc(NC(=O)CCNC(=O)c2ccc(Cl)cc2)ccc1F. The molecule has 144 valence electrons. The molecule has 0 atom stereocenters. The number of nitrogens with zero attached hydrogens (tertiary/aromatic N) is 4. The van der Waals surface area contributed by atoms with Crippen molar-refractivity contribution < 1.29 is 14.0 Å². The van der Waals surface area contributed by atoms with Gasteiger partial charge in [0, 0.05) is 29.2 Å². The number of nitrogens with one attached hydrogen (secondary N) is 2. The lowest BCUT2D eigenvalue weighted by molar-refractivity contribution is -0.116. The maximum atomic E-state index is 14.0. The van der Waals surface area contributed by atoms with Crippen LogP contribution in [0.5, 0.6) is 0 Å². The van der Waals surface area contributed by atoms with Crippen molar-refractivity contribution >= 4 is 29.1 Å². The van der Waals surface area contributed by atoms with Gasteiger partial charge in [0.1, 0.15) is 11.5 Å². The van der Waals surface area contributed by atoms with E-state index in [2.05, 4.69) is 26.2 Å². The summed E-state index contributed by atoms with van der Waals surface area (Å²) < 4.78 is 15.3. The number of rotatable bonds is 6. The zero-order valence-corrected chi connectivity index (χ0v) is 15.6. The highest BCUT2D eigenvalue weighted by molar-refractivity contribution is 6.30. The van der Waals surface area contributed by atoms with Crippen LogP contribution in [0.15, 0.2) is 42.5 Å². The van der Waals surface area contributed by atoms with Crippen LogP contribution in [0.4, 0.5) is 10.1 Å². The fourth-order valence-corrected chi connectivity index (χ4v) is 2.55. The van der Waals surface area contributed by atoms with Crippen molar-refractivity contribution in [3.8, 4) is 5.69 Å². The number of carbonyl (C=O) groups excluding carboxylic acids is 2. The van der Waals surface area contributed by atoms with Crippen molar-refractivity contribution in [1.29, 1.82) is 0 Å². The van der Waals surface area contributed by atoms with E-state index in [4.69, 9.17) is 11.6 Å². The number of hydrogen-bond acceptors (Lipinski definition) is 5. The molecule has 0 radical (unpaired) electrons. The summed E-state index contributed by atoms with van der Waals surface area (Å²) in [5.74, 6) is -0.749. The van der Waals surface area contributed by atoms with Crippen molar-refractivity contribution in [3.05, 3.63) is 64.7 Å². The first kappa shape index (κ1) is 19.4. The van der Waals surface area contributed by atoms with E-state index < -0.39 is 5.82 Å². The summed E-state index contributed by atoms with van der Waals surface area (Å²) in [5, 5.41) is 16.7. The van der Waals surface area contributed by atoms with E-state index in [9.17, 15) is 14.0 Å². The average molecular weight is 403 g/mol. The molecule has 3 aromatic rings. The minimum absolute atomic E-state index is 0.0515. The summed E-state index contributed by atoms with van der Waals surface area (Å²) in [6.45, 7) is 1.78. The zero-order valence-electron chi connectivity index (χ0n) is 14.8. The topological polar surface area (TPSA) is 102 Å². The summed E-state index contributed by atoms with van der Waals surface area (Å²) in [4.78, 5) is 24.1. The molecule has 0 unspecified atom stereocenters. The third kappa shape index (κ3) is 4.68. The largest absolute Gasteiger partial charge is 0.352 e. The van der Waals surface area contributed by atoms with Gasteiger partial charge in [0.15, 0.2) is 5.82 Å². The Labute approximate surface area is 164 Å². The molecule has 1 aromatic heterocycles. The summed E-state index contributed by atoms with van der Waals surface area (Å²) in [6.07, 6.45) is 0.0515. The molecule has 2 amide bonds. The molecule has 0 spiro atoms. The van der Waals surface area contributed by atoms with Crippen LogP contribution in [0.3, 0.4) is 0 Å². The number of amides is 2. The van der Waals surface area contributed by atoms with Gasteiger partial charge in [-0.3, -0.25) is 9.59 Å². The maximum absolute atomic E-state index is 14.0. The molecule has 0 saturated carbocycles. The van der Waals surface area contributed by atoms with Crippen molar-refractivity contribution in [2.75, 3.05) is 11.9 Å². The van der Waals surface area contributed by atoms with Crippen LogP contribution in [0, 0.1) is 12.7 Å². The monoisotopic (exact) mass is 402 g/mol. The second-order valence-electron chi connectivity index (χ2n) is 5.87. The van der Waals surface area contributed by atoms with Crippen LogP contribution in [-0.2, 0) is 4.79 Å². The number of tetrazole rings is 1. The highest BCUT2D eigenvalue weighted by Gasteiger charge is 2.12. The second kappa shape index (κ2) is 8.57. The van der Waals surface area contributed by atoms with E-state index >= 15 is 0 Å². The predicted octanol–water partition coefficient (Wildman–Crippen LogP) is 2.52. The van der Waals surface area contributed by atoms with Gasteiger partial charge >= 0.3 is 0 Å². The van der Waals surface area contributed by atoms with E-state index in [0.717, 1.165) is 0 Å². The highest BCUT2D eigenvalue weighted by atomic mass is 35.5. The minimum Gasteiger partial charge on any atom is -0.352 e. The summed E-state index contributed by atoms with van der Waals surface area (Å²) in [7, 11) is 0. The molecule has 1 heterocycles. The Morgan fingerprint density at radius 3 is 2.61 bits per heavy atom. The number of aryl methyl sites for hydroxylation is 1. The van der Waals surface area contributed by atoms with Gasteiger partial charge in [-0.15, -0.1) is 5.10 Å². The quantitative estimate of drug-likeness (QED) is 0.659. The average Bonchev–Trinajstić information content (AvgIpc) is 3.09. The fourth-order valence-electron chi connectivity index (χ4n) is 2.42. The molecular weight excluding hydrogens is 387 g/mol. The minimum atomic E-state index is -0.524. The van der Waals surface area contributed by atoms with Crippen LogP contribution in [0.25, 0.3) is 5.69 Å². The lowest BCUT2D eigenvalue weighted by atomic mass is 10.2. The lowest BCUT2D eigenvalue weighted by Gasteiger charge is -2.09. The third-order valence-electron chi connectivity index (χ3n) is 3.83. The van der Waals surface area contributed by atoms with E-state index in [-0.39, 0.29) is 30.5 Å². The highest BCUT2D eigenvalue weighted by Crippen LogP contribution is 2.19. The number of hydrogen-bond donors (Lipinski definition) is 2. The summed E-state index contributed by atoms with van der Waals surface area (Å²) >= 11 is 5.78. The molecule has 28 heavy (non-hydrogen) atoms. The number of aromatic nitrogens is 4. The second-order valence-corrected chi connectivity index (χ2v) is 6.30. The molecule has 2 aromatic carbocycles. The summed E-state index contributed by atoms with van der Waals surface area (Å²) in [5.41, 5.74) is 0.960. The summed E-state index contributed by atoms with van der Waals surface area (Å²) in [6, 6.07) is 10.5. The van der Waals surface area contributed by atoms with E-state index in [1.807, 2.05) is 0 Å². The first-order chi connectivity index (χ1) is 13.4. The molecule has 8 nitrogen and oxygen atoms in total. The van der Waals surface area contributed by atoms with Crippen LogP contribution in [-0.4, -0.2) is 38.6 Å². The molecule has 2 N–H and O–H groups in total. The van der Waals surface area contributed by atoms with Gasteiger partial charge < -0.3 is 10.6 Å². The molecule has 0 bridgehead atoms. The van der Waals surface area contributed by atoms with Crippen molar-refractivity contribution in [2.24, 2.45) is 0 Å². The first-order valence-electron chi connectivity index (χ1n) is 8.32. The standard InChI is InChI=1S/C18H16ClFN6O2/c1-11-23-24-25-26(11)16-10-14(6-7-15(16)20)22-17(27)8-9-21-18(28)12-2-4-13(19)5-3-12/h2-7,10H,8-9H2,1H3,(H,21,28)(H,22,27). The van der Waals surface area contributed by atoms with Gasteiger partial charge in [-0.1, -0.05) is 11.6 Å². The molecule has 0 aliphatic rings. The molecule has 3 rings (SSSR count). The Kier molecular flexibility index (Phi) is 5.95. The Bertz CT molecular complexity index is 1010. The van der Waals surface area contributed by atoms with Gasteiger partial charge in [0.05, 0.1) is 0 Å². The molecular formula is C18H16ClFN6O2. The number of halogens is 2. The van der Waals surface area contributed by atoms with Gasteiger partial charge in [-0.25, -0.2) is 4.39 Å². The maximum Gasteiger partial charge on any atom is 0.251 e. The van der Waals surface area contributed by atoms with E-state index in [0.29, 0.717) is 22.1 Å². The Morgan fingerprint density at radius 2 is 1.93 bits per heavy atom. The first-order valence-corrected chi connectivity index (χ1v) is 8.70. The van der Waals surface area contributed by atoms with Gasteiger partial charge in [0.25, 0.3) is 5.91 Å². The molecule has 0 aliphatic heterocycles. The number of carbonyl (C=O) groups is 2. The van der Waals surface area contributed by atoms with E-state index in [1.165, 1.54) is 22.9 Å². The predicted molar refractivity (Wildman–Crippen MR) is 101 cm³/mol. The zero-order chi connectivity index (χ0) is 20.1. The molecule has 10 heteroatoms. The lowest BCUT2D eigenvalue weighted by Crippen LogP contribution is -2.27.